The number of carbonyl (C=O) groups excluding carboxylic acids is 2. The van der Waals surface area contributed by atoms with E-state index in [9.17, 15) is 9.59 Å². The lowest BCUT2D eigenvalue weighted by atomic mass is 10.2. The molecule has 0 fully saturated rings. The first kappa shape index (κ1) is 12.2. The number of amides is 2. The highest BCUT2D eigenvalue weighted by molar-refractivity contribution is 5.79. The van der Waals surface area contributed by atoms with Gasteiger partial charge in [0.1, 0.15) is 0 Å². The van der Waals surface area contributed by atoms with Crippen molar-refractivity contribution in [3.63, 3.8) is 0 Å². The summed E-state index contributed by atoms with van der Waals surface area (Å²) >= 11 is 0. The Morgan fingerprint density at radius 1 is 1.06 bits per heavy atom. The van der Waals surface area contributed by atoms with E-state index in [-0.39, 0.29) is 11.8 Å². The van der Waals surface area contributed by atoms with Crippen LogP contribution in [0.15, 0.2) is 30.3 Å². The monoisotopic (exact) mass is 220 g/mol. The standard InChI is InChI=1S/C12H16N2O2/c1-10(15)13(3)14(11(2)16)9-12-7-5-4-6-8-12/h4-8H,9H2,1-3H3. The molecule has 0 unspecified atom stereocenters. The van der Waals surface area contributed by atoms with Crippen molar-refractivity contribution >= 4 is 11.8 Å². The molecule has 1 aromatic rings. The van der Waals surface area contributed by atoms with Crippen LogP contribution in [-0.2, 0) is 16.1 Å². The number of carbonyl (C=O) groups is 2. The topological polar surface area (TPSA) is 40.6 Å². The third-order valence-electron chi connectivity index (χ3n) is 2.36. The number of hydrogen-bond acceptors (Lipinski definition) is 2. The van der Waals surface area contributed by atoms with Crippen LogP contribution >= 0.6 is 0 Å². The lowest BCUT2D eigenvalue weighted by Gasteiger charge is -2.30. The SMILES string of the molecule is CC(=O)N(C)N(Cc1ccccc1)C(C)=O. The molecule has 0 bridgehead atoms. The van der Waals surface area contributed by atoms with Crippen LogP contribution in [0.5, 0.6) is 0 Å². The molecule has 86 valence electrons. The normalized spacial score (nSPS) is 9.69. The summed E-state index contributed by atoms with van der Waals surface area (Å²) in [6.45, 7) is 3.29. The molecule has 4 heteroatoms. The van der Waals surface area contributed by atoms with E-state index < -0.39 is 0 Å². The van der Waals surface area contributed by atoms with Gasteiger partial charge in [0.05, 0.1) is 6.54 Å². The van der Waals surface area contributed by atoms with Gasteiger partial charge in [-0.15, -0.1) is 0 Å². The van der Waals surface area contributed by atoms with E-state index in [4.69, 9.17) is 0 Å². The van der Waals surface area contributed by atoms with Gasteiger partial charge >= 0.3 is 0 Å². The van der Waals surface area contributed by atoms with Crippen molar-refractivity contribution in [1.29, 1.82) is 0 Å². The molecule has 2 amide bonds. The van der Waals surface area contributed by atoms with Gasteiger partial charge in [0.2, 0.25) is 11.8 Å². The summed E-state index contributed by atoms with van der Waals surface area (Å²) in [5.41, 5.74) is 0.991. The van der Waals surface area contributed by atoms with Crippen LogP contribution in [0.25, 0.3) is 0 Å². The first-order chi connectivity index (χ1) is 7.52. The molecule has 0 aliphatic rings. The van der Waals surface area contributed by atoms with Gasteiger partial charge in [0.25, 0.3) is 0 Å². The minimum Gasteiger partial charge on any atom is -0.273 e. The fourth-order valence-electron chi connectivity index (χ4n) is 1.35. The Bertz CT molecular complexity index is 376. The quantitative estimate of drug-likeness (QED) is 0.707. The average Bonchev–Trinajstić information content (AvgIpc) is 2.26. The molecule has 1 aromatic carbocycles. The first-order valence-corrected chi connectivity index (χ1v) is 5.08. The van der Waals surface area contributed by atoms with Gasteiger partial charge in [-0.2, -0.15) is 0 Å². The number of hydrogen-bond donors (Lipinski definition) is 0. The zero-order valence-electron chi connectivity index (χ0n) is 9.80. The van der Waals surface area contributed by atoms with E-state index >= 15 is 0 Å². The summed E-state index contributed by atoms with van der Waals surface area (Å²) in [4.78, 5) is 22.6. The van der Waals surface area contributed by atoms with Crippen molar-refractivity contribution in [2.45, 2.75) is 20.4 Å². The zero-order chi connectivity index (χ0) is 12.1. The van der Waals surface area contributed by atoms with Crippen molar-refractivity contribution in [2.24, 2.45) is 0 Å². The Balaban J connectivity index is 2.81. The molecule has 0 atom stereocenters. The second-order valence-electron chi connectivity index (χ2n) is 3.60. The molecule has 0 aromatic heterocycles. The van der Waals surface area contributed by atoms with Crippen LogP contribution in [0, 0.1) is 0 Å². The predicted molar refractivity (Wildman–Crippen MR) is 61.1 cm³/mol. The highest BCUT2D eigenvalue weighted by Gasteiger charge is 2.16. The summed E-state index contributed by atoms with van der Waals surface area (Å²) < 4.78 is 0. The Labute approximate surface area is 95.4 Å². The maximum absolute atomic E-state index is 11.4. The molecule has 0 radical (unpaired) electrons. The third kappa shape index (κ3) is 3.08. The summed E-state index contributed by atoms with van der Waals surface area (Å²) in [5, 5.41) is 2.74. The predicted octanol–water partition coefficient (Wildman–Crippen LogP) is 1.43. The van der Waals surface area contributed by atoms with Crippen LogP contribution < -0.4 is 0 Å². The Morgan fingerprint density at radius 2 is 1.62 bits per heavy atom. The smallest absolute Gasteiger partial charge is 0.238 e. The van der Waals surface area contributed by atoms with Crippen molar-refractivity contribution in [2.75, 3.05) is 7.05 Å². The molecule has 1 rings (SSSR count). The van der Waals surface area contributed by atoms with Crippen molar-refractivity contribution < 1.29 is 9.59 Å². The van der Waals surface area contributed by atoms with Gasteiger partial charge in [-0.1, -0.05) is 30.3 Å². The fourth-order valence-corrected chi connectivity index (χ4v) is 1.35. The van der Waals surface area contributed by atoms with E-state index in [1.807, 2.05) is 30.3 Å². The first-order valence-electron chi connectivity index (χ1n) is 5.08. The lowest BCUT2D eigenvalue weighted by Crippen LogP contribution is -2.44. The minimum absolute atomic E-state index is 0.151. The Kier molecular flexibility index (Phi) is 4.05. The van der Waals surface area contributed by atoms with E-state index in [0.717, 1.165) is 5.56 Å². The molecule has 4 nitrogen and oxygen atoms in total. The maximum atomic E-state index is 11.4. The van der Waals surface area contributed by atoms with Gasteiger partial charge in [-0.3, -0.25) is 14.6 Å². The third-order valence-corrected chi connectivity index (χ3v) is 2.36. The van der Waals surface area contributed by atoms with Gasteiger partial charge < -0.3 is 0 Å². The molecule has 0 saturated heterocycles. The summed E-state index contributed by atoms with van der Waals surface area (Å²) in [7, 11) is 1.59. The highest BCUT2D eigenvalue weighted by atomic mass is 16.2. The molecule has 0 N–H and O–H groups in total. The minimum atomic E-state index is -0.161. The summed E-state index contributed by atoms with van der Waals surface area (Å²) in [6.07, 6.45) is 0. The molecular formula is C12H16N2O2. The van der Waals surface area contributed by atoms with Crippen LogP contribution in [0.1, 0.15) is 19.4 Å². The van der Waals surface area contributed by atoms with Crippen LogP contribution in [0.2, 0.25) is 0 Å². The second kappa shape index (κ2) is 5.30. The second-order valence-corrected chi connectivity index (χ2v) is 3.60. The molecule has 0 aliphatic heterocycles. The molecule has 16 heavy (non-hydrogen) atoms. The molecule has 0 aliphatic carbocycles. The van der Waals surface area contributed by atoms with Gasteiger partial charge in [0, 0.05) is 20.9 Å². The number of benzene rings is 1. The fraction of sp³-hybridized carbons (Fsp3) is 0.333. The van der Waals surface area contributed by atoms with E-state index in [1.165, 1.54) is 23.9 Å². The van der Waals surface area contributed by atoms with E-state index in [0.29, 0.717) is 6.54 Å². The lowest BCUT2D eigenvalue weighted by molar-refractivity contribution is -0.159. The number of rotatable bonds is 2. The molecular weight excluding hydrogens is 204 g/mol. The average molecular weight is 220 g/mol. The summed E-state index contributed by atoms with van der Waals surface area (Å²) in [5.74, 6) is -0.312. The number of nitrogens with zero attached hydrogens (tertiary/aromatic N) is 2. The maximum Gasteiger partial charge on any atom is 0.238 e. The van der Waals surface area contributed by atoms with Gasteiger partial charge in [-0.25, -0.2) is 5.01 Å². The molecule has 0 spiro atoms. The van der Waals surface area contributed by atoms with Crippen LogP contribution in [0.4, 0.5) is 0 Å². The van der Waals surface area contributed by atoms with E-state index in [2.05, 4.69) is 0 Å². The summed E-state index contributed by atoms with van der Waals surface area (Å²) in [6, 6.07) is 9.56. The van der Waals surface area contributed by atoms with Crippen LogP contribution in [0.3, 0.4) is 0 Å². The van der Waals surface area contributed by atoms with Crippen LogP contribution in [-0.4, -0.2) is 28.9 Å². The van der Waals surface area contributed by atoms with Crippen molar-refractivity contribution in [1.82, 2.24) is 10.0 Å². The van der Waals surface area contributed by atoms with Gasteiger partial charge in [-0.05, 0) is 5.56 Å². The Hall–Kier alpha value is -1.84. The zero-order valence-corrected chi connectivity index (χ0v) is 9.80. The van der Waals surface area contributed by atoms with Gasteiger partial charge in [0.15, 0.2) is 0 Å². The highest BCUT2D eigenvalue weighted by Crippen LogP contribution is 2.07. The largest absolute Gasteiger partial charge is 0.273 e. The molecule has 0 saturated carbocycles. The number of hydrazine groups is 1. The van der Waals surface area contributed by atoms with E-state index in [1.54, 1.807) is 7.05 Å². The Morgan fingerprint density at radius 3 is 2.06 bits per heavy atom. The molecule has 0 heterocycles. The van der Waals surface area contributed by atoms with Crippen molar-refractivity contribution in [3.8, 4) is 0 Å². The van der Waals surface area contributed by atoms with Crippen molar-refractivity contribution in [3.05, 3.63) is 35.9 Å².